The minimum absolute atomic E-state index is 0.494. The molecule has 0 aromatic heterocycles. The van der Waals surface area contributed by atoms with Gasteiger partial charge in [-0.05, 0) is 29.7 Å². The number of nitrogens with one attached hydrogen (secondary N) is 1. The smallest absolute Gasteiger partial charge is 0.188 e. The molecule has 25 heavy (non-hydrogen) atoms. The number of benzene rings is 2. The van der Waals surface area contributed by atoms with Gasteiger partial charge in [-0.25, -0.2) is 4.99 Å². The van der Waals surface area contributed by atoms with Crippen LogP contribution in [0.5, 0.6) is 0 Å². The molecule has 1 fully saturated rings. The number of hydrogen-bond acceptors (Lipinski definition) is 3. The summed E-state index contributed by atoms with van der Waals surface area (Å²) < 4.78 is 5.39. The van der Waals surface area contributed by atoms with Gasteiger partial charge in [0.2, 0.25) is 0 Å². The molecule has 1 saturated heterocycles. The van der Waals surface area contributed by atoms with E-state index in [1.165, 1.54) is 11.3 Å². The molecule has 0 radical (unpaired) electrons. The lowest BCUT2D eigenvalue weighted by Gasteiger charge is -2.28. The van der Waals surface area contributed by atoms with Crippen LogP contribution in [0, 0.1) is 0 Å². The summed E-state index contributed by atoms with van der Waals surface area (Å²) in [5, 5.41) is 3.17. The lowest BCUT2D eigenvalue weighted by atomic mass is 10.1. The highest BCUT2D eigenvalue weighted by atomic mass is 16.5. The fraction of sp³-hybridized carbons (Fsp3) is 0.350. The molecule has 1 aliphatic heterocycles. The van der Waals surface area contributed by atoms with Crippen LogP contribution in [0.3, 0.4) is 0 Å². The van der Waals surface area contributed by atoms with Gasteiger partial charge in [0, 0.05) is 25.3 Å². The molecule has 0 atom stereocenters. The first-order chi connectivity index (χ1) is 12.3. The third-order valence-corrected chi connectivity index (χ3v) is 4.31. The van der Waals surface area contributed by atoms with E-state index in [1.807, 2.05) is 18.2 Å². The van der Waals surface area contributed by atoms with Gasteiger partial charge in [-0.15, -0.1) is 0 Å². The van der Waals surface area contributed by atoms with Crippen molar-refractivity contribution in [2.75, 3.05) is 37.7 Å². The second kappa shape index (κ2) is 9.08. The van der Waals surface area contributed by atoms with Gasteiger partial charge >= 0.3 is 0 Å². The van der Waals surface area contributed by atoms with E-state index in [0.29, 0.717) is 12.5 Å². The predicted molar refractivity (Wildman–Crippen MR) is 103 cm³/mol. The molecule has 5 nitrogen and oxygen atoms in total. The number of aliphatic imine (C=N–C) groups is 1. The lowest BCUT2D eigenvalue weighted by molar-refractivity contribution is 0.122. The topological polar surface area (TPSA) is 62.9 Å². The number of morpholine rings is 1. The zero-order valence-corrected chi connectivity index (χ0v) is 14.5. The summed E-state index contributed by atoms with van der Waals surface area (Å²) >= 11 is 0. The van der Waals surface area contributed by atoms with Crippen LogP contribution in [-0.2, 0) is 17.7 Å². The van der Waals surface area contributed by atoms with Crippen LogP contribution in [0.2, 0.25) is 0 Å². The standard InChI is InChI=1S/C20H26N4O/c21-20(22-11-10-17-4-2-1-3-5-17)23-16-18-6-8-19(9-7-18)24-12-14-25-15-13-24/h1-9H,10-16H2,(H3,21,22,23). The number of nitrogens with zero attached hydrogens (tertiary/aromatic N) is 2. The molecule has 132 valence electrons. The Morgan fingerprint density at radius 1 is 1.00 bits per heavy atom. The van der Waals surface area contributed by atoms with Crippen molar-refractivity contribution in [3.63, 3.8) is 0 Å². The second-order valence-electron chi connectivity index (χ2n) is 6.13. The molecule has 0 aliphatic carbocycles. The summed E-state index contributed by atoms with van der Waals surface area (Å²) in [4.78, 5) is 6.76. The van der Waals surface area contributed by atoms with Crippen molar-refractivity contribution in [3.05, 3.63) is 65.7 Å². The molecule has 0 unspecified atom stereocenters. The predicted octanol–water partition coefficient (Wildman–Crippen LogP) is 2.17. The Labute approximate surface area is 149 Å². The van der Waals surface area contributed by atoms with Crippen molar-refractivity contribution in [1.82, 2.24) is 5.32 Å². The van der Waals surface area contributed by atoms with Crippen molar-refractivity contribution >= 4 is 11.6 Å². The van der Waals surface area contributed by atoms with Crippen LogP contribution in [-0.4, -0.2) is 38.8 Å². The highest BCUT2D eigenvalue weighted by Gasteiger charge is 2.10. The van der Waals surface area contributed by atoms with Crippen molar-refractivity contribution < 1.29 is 4.74 Å². The number of ether oxygens (including phenoxy) is 1. The molecule has 3 N–H and O–H groups in total. The zero-order chi connectivity index (χ0) is 17.3. The molecule has 2 aromatic rings. The fourth-order valence-corrected chi connectivity index (χ4v) is 2.85. The third kappa shape index (κ3) is 5.50. The highest BCUT2D eigenvalue weighted by molar-refractivity contribution is 5.77. The summed E-state index contributed by atoms with van der Waals surface area (Å²) in [5.74, 6) is 0.494. The van der Waals surface area contributed by atoms with Crippen LogP contribution in [0.4, 0.5) is 5.69 Å². The average Bonchev–Trinajstić information content (AvgIpc) is 2.68. The van der Waals surface area contributed by atoms with Gasteiger partial charge in [0.1, 0.15) is 0 Å². The van der Waals surface area contributed by atoms with Crippen molar-refractivity contribution in [2.45, 2.75) is 13.0 Å². The number of nitrogens with two attached hydrogens (primary N) is 1. The zero-order valence-electron chi connectivity index (χ0n) is 14.5. The van der Waals surface area contributed by atoms with Gasteiger partial charge in [-0.3, -0.25) is 0 Å². The van der Waals surface area contributed by atoms with Gasteiger partial charge in [0.15, 0.2) is 5.96 Å². The van der Waals surface area contributed by atoms with Gasteiger partial charge in [-0.1, -0.05) is 42.5 Å². The molecule has 1 heterocycles. The molecule has 0 saturated carbocycles. The van der Waals surface area contributed by atoms with E-state index in [1.54, 1.807) is 0 Å². The Bertz CT molecular complexity index is 664. The minimum Gasteiger partial charge on any atom is -0.378 e. The molecule has 1 aliphatic rings. The summed E-state index contributed by atoms with van der Waals surface area (Å²) in [6.07, 6.45) is 0.936. The van der Waals surface area contributed by atoms with E-state index in [4.69, 9.17) is 10.5 Å². The fourth-order valence-electron chi connectivity index (χ4n) is 2.85. The first-order valence-electron chi connectivity index (χ1n) is 8.80. The van der Waals surface area contributed by atoms with Crippen LogP contribution in [0.25, 0.3) is 0 Å². The van der Waals surface area contributed by atoms with Crippen molar-refractivity contribution in [2.24, 2.45) is 10.7 Å². The molecule has 3 rings (SSSR count). The molecule has 0 amide bonds. The van der Waals surface area contributed by atoms with Crippen LogP contribution >= 0.6 is 0 Å². The number of anilines is 1. The first-order valence-corrected chi connectivity index (χ1v) is 8.80. The first kappa shape index (κ1) is 17.3. The quantitative estimate of drug-likeness (QED) is 0.626. The summed E-state index contributed by atoms with van der Waals surface area (Å²) in [6.45, 7) is 4.89. The third-order valence-electron chi connectivity index (χ3n) is 4.31. The van der Waals surface area contributed by atoms with E-state index in [-0.39, 0.29) is 0 Å². The van der Waals surface area contributed by atoms with E-state index >= 15 is 0 Å². The summed E-state index contributed by atoms with van der Waals surface area (Å²) in [5.41, 5.74) is 9.64. The number of guanidine groups is 1. The van der Waals surface area contributed by atoms with Crippen LogP contribution < -0.4 is 16.0 Å². The van der Waals surface area contributed by atoms with Crippen molar-refractivity contribution in [3.8, 4) is 0 Å². The van der Waals surface area contributed by atoms with E-state index < -0.39 is 0 Å². The lowest BCUT2D eigenvalue weighted by Crippen LogP contribution is -2.36. The number of rotatable bonds is 6. The van der Waals surface area contributed by atoms with Gasteiger partial charge < -0.3 is 20.7 Å². The summed E-state index contributed by atoms with van der Waals surface area (Å²) in [7, 11) is 0. The Balaban J connectivity index is 1.44. The van der Waals surface area contributed by atoms with Crippen LogP contribution in [0.15, 0.2) is 59.6 Å². The van der Waals surface area contributed by atoms with Crippen LogP contribution in [0.1, 0.15) is 11.1 Å². The molecule has 0 spiro atoms. The normalized spacial score (nSPS) is 15.2. The monoisotopic (exact) mass is 338 g/mol. The summed E-state index contributed by atoms with van der Waals surface area (Å²) in [6, 6.07) is 18.9. The maximum Gasteiger partial charge on any atom is 0.188 e. The molecule has 5 heteroatoms. The Morgan fingerprint density at radius 2 is 1.72 bits per heavy atom. The maximum absolute atomic E-state index is 5.95. The highest BCUT2D eigenvalue weighted by Crippen LogP contribution is 2.17. The molecular weight excluding hydrogens is 312 g/mol. The SMILES string of the molecule is NC(=NCc1ccc(N2CCOCC2)cc1)NCCc1ccccc1. The van der Waals surface area contributed by atoms with E-state index in [0.717, 1.165) is 44.8 Å². The Morgan fingerprint density at radius 3 is 2.44 bits per heavy atom. The largest absolute Gasteiger partial charge is 0.378 e. The average molecular weight is 338 g/mol. The molecule has 0 bridgehead atoms. The Hall–Kier alpha value is -2.53. The molecule has 2 aromatic carbocycles. The van der Waals surface area contributed by atoms with Gasteiger partial charge in [0.25, 0.3) is 0 Å². The van der Waals surface area contributed by atoms with Crippen molar-refractivity contribution in [1.29, 1.82) is 0 Å². The molecular formula is C20H26N4O. The Kier molecular flexibility index (Phi) is 6.29. The van der Waals surface area contributed by atoms with Gasteiger partial charge in [-0.2, -0.15) is 0 Å². The van der Waals surface area contributed by atoms with E-state index in [9.17, 15) is 0 Å². The second-order valence-corrected chi connectivity index (χ2v) is 6.13. The number of hydrogen-bond donors (Lipinski definition) is 2. The van der Waals surface area contributed by atoms with Gasteiger partial charge in [0.05, 0.1) is 19.8 Å². The van der Waals surface area contributed by atoms with E-state index in [2.05, 4.69) is 51.6 Å². The minimum atomic E-state index is 0.494. The maximum atomic E-state index is 5.95.